The molecule has 0 spiro atoms. The molecular weight excluding hydrogens is 277 g/mol. The van der Waals surface area contributed by atoms with E-state index in [0.29, 0.717) is 16.2 Å². The quantitative estimate of drug-likeness (QED) is 0.850. The molecule has 0 radical (unpaired) electrons. The van der Waals surface area contributed by atoms with Crippen LogP contribution in [0.3, 0.4) is 0 Å². The Morgan fingerprint density at radius 3 is 2.75 bits per heavy atom. The normalized spacial score (nSPS) is 11.6. The van der Waals surface area contributed by atoms with Crippen molar-refractivity contribution in [2.24, 2.45) is 0 Å². The van der Waals surface area contributed by atoms with Gasteiger partial charge in [0.15, 0.2) is 0 Å². The van der Waals surface area contributed by atoms with Gasteiger partial charge in [-0.1, -0.05) is 18.2 Å². The number of para-hydroxylation sites is 1. The van der Waals surface area contributed by atoms with Crippen LogP contribution in [-0.4, -0.2) is 16.6 Å². The van der Waals surface area contributed by atoms with Crippen LogP contribution in [0.4, 0.5) is 4.39 Å². The molecule has 20 heavy (non-hydrogen) atoms. The van der Waals surface area contributed by atoms with Gasteiger partial charge in [0.05, 0.1) is 22.1 Å². The second-order valence-corrected chi connectivity index (χ2v) is 5.53. The van der Waals surface area contributed by atoms with Gasteiger partial charge in [-0.15, -0.1) is 0 Å². The van der Waals surface area contributed by atoms with Crippen LogP contribution in [0.5, 0.6) is 5.75 Å². The summed E-state index contributed by atoms with van der Waals surface area (Å²) >= 11 is 0. The average Bonchev–Trinajstić information content (AvgIpc) is 2.47. The second-order valence-electron chi connectivity index (χ2n) is 3.96. The first-order valence-electron chi connectivity index (χ1n) is 5.96. The Morgan fingerprint density at radius 2 is 2.00 bits per heavy atom. The first-order chi connectivity index (χ1) is 9.70. The van der Waals surface area contributed by atoms with Gasteiger partial charge in [-0.2, -0.15) is 5.26 Å². The number of nitriles is 1. The van der Waals surface area contributed by atoms with Crippen LogP contribution in [0.1, 0.15) is 5.56 Å². The third-order valence-corrected chi connectivity index (χ3v) is 3.91. The van der Waals surface area contributed by atoms with Crippen molar-refractivity contribution in [1.29, 1.82) is 5.26 Å². The highest BCUT2D eigenvalue weighted by molar-refractivity contribution is 7.85. The molecule has 0 aliphatic rings. The summed E-state index contributed by atoms with van der Waals surface area (Å²) in [6.45, 7) is 0.196. The standard InChI is InChI=1S/C15H12FNO2S/c16-13-5-3-6-14(10-13)20(18)9-8-19-15-7-2-1-4-12(15)11-17/h1-7,10H,8-9H2. The summed E-state index contributed by atoms with van der Waals surface area (Å²) in [5.41, 5.74) is 0.434. The Hall–Kier alpha value is -2.19. The number of rotatable bonds is 5. The van der Waals surface area contributed by atoms with E-state index in [-0.39, 0.29) is 12.4 Å². The molecular formula is C15H12FNO2S. The lowest BCUT2D eigenvalue weighted by atomic mass is 10.2. The van der Waals surface area contributed by atoms with Crippen LogP contribution in [0.15, 0.2) is 53.4 Å². The van der Waals surface area contributed by atoms with Crippen molar-refractivity contribution in [3.8, 4) is 11.8 Å². The smallest absolute Gasteiger partial charge is 0.137 e. The molecule has 3 nitrogen and oxygen atoms in total. The zero-order chi connectivity index (χ0) is 14.4. The number of hydrogen-bond acceptors (Lipinski definition) is 3. The maximum absolute atomic E-state index is 13.0. The third kappa shape index (κ3) is 3.65. The van der Waals surface area contributed by atoms with Gasteiger partial charge < -0.3 is 4.74 Å². The molecule has 0 bridgehead atoms. The van der Waals surface area contributed by atoms with Gasteiger partial charge in [0.1, 0.15) is 24.2 Å². The van der Waals surface area contributed by atoms with Crippen molar-refractivity contribution in [3.63, 3.8) is 0 Å². The van der Waals surface area contributed by atoms with Crippen molar-refractivity contribution >= 4 is 10.8 Å². The highest BCUT2D eigenvalue weighted by Gasteiger charge is 2.06. The second kappa shape index (κ2) is 6.83. The van der Waals surface area contributed by atoms with Gasteiger partial charge >= 0.3 is 0 Å². The third-order valence-electron chi connectivity index (χ3n) is 2.59. The zero-order valence-corrected chi connectivity index (χ0v) is 11.4. The van der Waals surface area contributed by atoms with Crippen molar-refractivity contribution in [1.82, 2.24) is 0 Å². The molecule has 0 saturated carbocycles. The fourth-order valence-electron chi connectivity index (χ4n) is 1.64. The number of benzene rings is 2. The van der Waals surface area contributed by atoms with Crippen LogP contribution in [0.2, 0.25) is 0 Å². The summed E-state index contributed by atoms with van der Waals surface area (Å²) in [5, 5.41) is 8.90. The lowest BCUT2D eigenvalue weighted by Crippen LogP contribution is -2.09. The van der Waals surface area contributed by atoms with Gasteiger partial charge in [0, 0.05) is 4.90 Å². The average molecular weight is 289 g/mol. The summed E-state index contributed by atoms with van der Waals surface area (Å²) in [6, 6.07) is 14.6. The minimum atomic E-state index is -1.32. The lowest BCUT2D eigenvalue weighted by Gasteiger charge is -2.07. The molecule has 1 atom stereocenters. The van der Waals surface area contributed by atoms with E-state index in [9.17, 15) is 8.60 Å². The highest BCUT2D eigenvalue weighted by Crippen LogP contribution is 2.16. The predicted molar refractivity (Wildman–Crippen MR) is 74.3 cm³/mol. The van der Waals surface area contributed by atoms with E-state index in [1.165, 1.54) is 18.2 Å². The summed E-state index contributed by atoms with van der Waals surface area (Å²) in [4.78, 5) is 0.433. The van der Waals surface area contributed by atoms with Crippen molar-refractivity contribution in [2.45, 2.75) is 4.90 Å². The van der Waals surface area contributed by atoms with E-state index in [0.717, 1.165) is 0 Å². The number of hydrogen-bond donors (Lipinski definition) is 0. The summed E-state index contributed by atoms with van der Waals surface area (Å²) < 4.78 is 30.4. The Balaban J connectivity index is 1.93. The molecule has 0 saturated heterocycles. The molecule has 1 unspecified atom stereocenters. The minimum absolute atomic E-state index is 0.196. The summed E-state index contributed by atoms with van der Waals surface area (Å²) in [6.07, 6.45) is 0. The van der Waals surface area contributed by atoms with Crippen molar-refractivity contribution < 1.29 is 13.3 Å². The molecule has 2 aromatic carbocycles. The van der Waals surface area contributed by atoms with Gasteiger partial charge in [-0.05, 0) is 30.3 Å². The van der Waals surface area contributed by atoms with Crippen LogP contribution in [-0.2, 0) is 10.8 Å². The molecule has 0 aliphatic heterocycles. The van der Waals surface area contributed by atoms with Crippen molar-refractivity contribution in [2.75, 3.05) is 12.4 Å². The van der Waals surface area contributed by atoms with Crippen LogP contribution >= 0.6 is 0 Å². The molecule has 0 fully saturated rings. The topological polar surface area (TPSA) is 50.1 Å². The zero-order valence-electron chi connectivity index (χ0n) is 10.6. The Morgan fingerprint density at radius 1 is 1.20 bits per heavy atom. The summed E-state index contributed by atoms with van der Waals surface area (Å²) in [7, 11) is -1.32. The largest absolute Gasteiger partial charge is 0.491 e. The van der Waals surface area contributed by atoms with E-state index in [2.05, 4.69) is 0 Å². The van der Waals surface area contributed by atoms with Crippen LogP contribution in [0.25, 0.3) is 0 Å². The molecule has 102 valence electrons. The Kier molecular flexibility index (Phi) is 4.85. The van der Waals surface area contributed by atoms with E-state index in [1.54, 1.807) is 30.3 Å². The van der Waals surface area contributed by atoms with E-state index < -0.39 is 16.6 Å². The van der Waals surface area contributed by atoms with E-state index in [4.69, 9.17) is 10.00 Å². The van der Waals surface area contributed by atoms with Crippen LogP contribution < -0.4 is 4.74 Å². The maximum atomic E-state index is 13.0. The molecule has 0 heterocycles. The van der Waals surface area contributed by atoms with Gasteiger partial charge in [-0.25, -0.2) is 4.39 Å². The first-order valence-corrected chi connectivity index (χ1v) is 7.28. The molecule has 0 amide bonds. The van der Waals surface area contributed by atoms with Crippen molar-refractivity contribution in [3.05, 3.63) is 59.9 Å². The molecule has 0 N–H and O–H groups in total. The number of ether oxygens (including phenoxy) is 1. The fourth-order valence-corrected chi connectivity index (χ4v) is 2.58. The predicted octanol–water partition coefficient (Wildman–Crippen LogP) is 2.88. The van der Waals surface area contributed by atoms with Gasteiger partial charge in [0.25, 0.3) is 0 Å². The monoisotopic (exact) mass is 289 g/mol. The Bertz CT molecular complexity index is 667. The fraction of sp³-hybridized carbons (Fsp3) is 0.133. The maximum Gasteiger partial charge on any atom is 0.137 e. The summed E-state index contributed by atoms with van der Waals surface area (Å²) in [5.74, 6) is 0.293. The van der Waals surface area contributed by atoms with Crippen LogP contribution in [0, 0.1) is 17.1 Å². The van der Waals surface area contributed by atoms with E-state index in [1.807, 2.05) is 6.07 Å². The Labute approximate surface area is 119 Å². The number of nitrogens with zero attached hydrogens (tertiary/aromatic N) is 1. The molecule has 2 rings (SSSR count). The molecule has 0 aromatic heterocycles. The first kappa shape index (κ1) is 14.2. The van der Waals surface area contributed by atoms with Gasteiger partial charge in [-0.3, -0.25) is 4.21 Å². The molecule has 0 aliphatic carbocycles. The number of halogens is 1. The SMILES string of the molecule is N#Cc1ccccc1OCCS(=O)c1cccc(F)c1. The lowest BCUT2D eigenvalue weighted by molar-refractivity contribution is 0.341. The molecule has 2 aromatic rings. The highest BCUT2D eigenvalue weighted by atomic mass is 32.2. The van der Waals surface area contributed by atoms with E-state index >= 15 is 0 Å². The van der Waals surface area contributed by atoms with Gasteiger partial charge in [0.2, 0.25) is 0 Å². The minimum Gasteiger partial charge on any atom is -0.491 e. The molecule has 5 heteroatoms.